The molecule has 0 unspecified atom stereocenters. The Labute approximate surface area is 78.3 Å². The van der Waals surface area contributed by atoms with Crippen LogP contribution in [-0.4, -0.2) is 11.7 Å². The standard InChI is InChI=1S/C8H9BrFNO/c9-6-1-2-7(12)5(3-4-11)8(6)10/h1-2,12H,3-4,11H2. The lowest BCUT2D eigenvalue weighted by atomic mass is 10.1. The number of rotatable bonds is 2. The molecule has 0 heterocycles. The van der Waals surface area contributed by atoms with Gasteiger partial charge in [-0.15, -0.1) is 0 Å². The van der Waals surface area contributed by atoms with Crippen molar-refractivity contribution < 1.29 is 9.50 Å². The number of phenols is 1. The fourth-order valence-electron chi connectivity index (χ4n) is 0.965. The maximum atomic E-state index is 13.2. The molecular weight excluding hydrogens is 225 g/mol. The molecule has 3 N–H and O–H groups in total. The van der Waals surface area contributed by atoms with Crippen molar-refractivity contribution in [3.63, 3.8) is 0 Å². The zero-order chi connectivity index (χ0) is 9.14. The minimum absolute atomic E-state index is 0.0406. The topological polar surface area (TPSA) is 46.2 Å². The highest BCUT2D eigenvalue weighted by atomic mass is 79.9. The van der Waals surface area contributed by atoms with Crippen molar-refractivity contribution in [2.24, 2.45) is 5.73 Å². The molecule has 2 nitrogen and oxygen atoms in total. The molecule has 4 heteroatoms. The molecule has 0 aliphatic carbocycles. The fraction of sp³-hybridized carbons (Fsp3) is 0.250. The van der Waals surface area contributed by atoms with Crippen LogP contribution < -0.4 is 5.73 Å². The summed E-state index contributed by atoms with van der Waals surface area (Å²) < 4.78 is 13.5. The van der Waals surface area contributed by atoms with E-state index in [1.807, 2.05) is 0 Å². The molecule has 0 radical (unpaired) electrons. The molecule has 1 aromatic rings. The SMILES string of the molecule is NCCc1c(O)ccc(Br)c1F. The van der Waals surface area contributed by atoms with Gasteiger partial charge in [-0.25, -0.2) is 4.39 Å². The molecule has 0 saturated carbocycles. The van der Waals surface area contributed by atoms with Gasteiger partial charge in [0.25, 0.3) is 0 Å². The van der Waals surface area contributed by atoms with Crippen LogP contribution in [0.4, 0.5) is 4.39 Å². The van der Waals surface area contributed by atoms with Crippen LogP contribution in [0, 0.1) is 5.82 Å². The summed E-state index contributed by atoms with van der Waals surface area (Å²) in [5.41, 5.74) is 5.53. The predicted molar refractivity (Wildman–Crippen MR) is 48.5 cm³/mol. The summed E-state index contributed by atoms with van der Waals surface area (Å²) in [6, 6.07) is 2.91. The van der Waals surface area contributed by atoms with Gasteiger partial charge in [-0.2, -0.15) is 0 Å². The molecule has 1 rings (SSSR count). The number of hydrogen-bond donors (Lipinski definition) is 2. The van der Waals surface area contributed by atoms with E-state index >= 15 is 0 Å². The third kappa shape index (κ3) is 1.76. The Morgan fingerprint density at radius 2 is 2.17 bits per heavy atom. The van der Waals surface area contributed by atoms with E-state index in [0.29, 0.717) is 17.4 Å². The first kappa shape index (κ1) is 9.48. The molecule has 0 aromatic heterocycles. The van der Waals surface area contributed by atoms with E-state index < -0.39 is 5.82 Å². The van der Waals surface area contributed by atoms with Crippen LogP contribution in [0.25, 0.3) is 0 Å². The summed E-state index contributed by atoms with van der Waals surface area (Å²) in [5, 5.41) is 9.23. The van der Waals surface area contributed by atoms with Gasteiger partial charge in [-0.05, 0) is 41.0 Å². The second-order valence-corrected chi connectivity index (χ2v) is 3.25. The molecule has 66 valence electrons. The lowest BCUT2D eigenvalue weighted by Gasteiger charge is -2.05. The largest absolute Gasteiger partial charge is 0.508 e. The minimum Gasteiger partial charge on any atom is -0.508 e. The van der Waals surface area contributed by atoms with Crippen LogP contribution >= 0.6 is 15.9 Å². The summed E-state index contributed by atoms with van der Waals surface area (Å²) in [5.74, 6) is -0.471. The van der Waals surface area contributed by atoms with E-state index in [-0.39, 0.29) is 11.3 Å². The first-order chi connectivity index (χ1) is 5.66. The summed E-state index contributed by atoms with van der Waals surface area (Å²) in [6.07, 6.45) is 0.344. The number of phenolic OH excluding ortho intramolecular Hbond substituents is 1. The number of benzene rings is 1. The third-order valence-corrected chi connectivity index (χ3v) is 2.18. The smallest absolute Gasteiger partial charge is 0.144 e. The molecule has 0 atom stereocenters. The number of aromatic hydroxyl groups is 1. The quantitative estimate of drug-likeness (QED) is 0.819. The van der Waals surface area contributed by atoms with Crippen molar-refractivity contribution in [1.29, 1.82) is 0 Å². The van der Waals surface area contributed by atoms with Crippen molar-refractivity contribution in [2.45, 2.75) is 6.42 Å². The zero-order valence-electron chi connectivity index (χ0n) is 6.35. The normalized spacial score (nSPS) is 10.2. The van der Waals surface area contributed by atoms with Gasteiger partial charge >= 0.3 is 0 Å². The Bertz CT molecular complexity index is 291. The predicted octanol–water partition coefficient (Wildman–Crippen LogP) is 1.79. The molecule has 0 saturated heterocycles. The molecule has 0 amide bonds. The van der Waals surface area contributed by atoms with Gasteiger partial charge in [-0.1, -0.05) is 0 Å². The maximum Gasteiger partial charge on any atom is 0.144 e. The highest BCUT2D eigenvalue weighted by Gasteiger charge is 2.09. The first-order valence-corrected chi connectivity index (χ1v) is 4.32. The van der Waals surface area contributed by atoms with Crippen LogP contribution in [0.15, 0.2) is 16.6 Å². The molecule has 1 aromatic carbocycles. The second-order valence-electron chi connectivity index (χ2n) is 2.40. The highest BCUT2D eigenvalue weighted by molar-refractivity contribution is 9.10. The molecule has 0 fully saturated rings. The van der Waals surface area contributed by atoms with Crippen LogP contribution in [0.5, 0.6) is 5.75 Å². The van der Waals surface area contributed by atoms with E-state index in [2.05, 4.69) is 15.9 Å². The summed E-state index contributed by atoms with van der Waals surface area (Å²) >= 11 is 3.02. The van der Waals surface area contributed by atoms with Crippen LogP contribution in [-0.2, 0) is 6.42 Å². The Kier molecular flexibility index (Phi) is 3.05. The van der Waals surface area contributed by atoms with Gasteiger partial charge in [0.05, 0.1) is 4.47 Å². The molecule has 0 aliphatic rings. The Morgan fingerprint density at radius 1 is 1.50 bits per heavy atom. The van der Waals surface area contributed by atoms with Crippen molar-refractivity contribution in [2.75, 3.05) is 6.54 Å². The van der Waals surface area contributed by atoms with Gasteiger partial charge in [-0.3, -0.25) is 0 Å². The van der Waals surface area contributed by atoms with E-state index in [4.69, 9.17) is 5.73 Å². The average molecular weight is 234 g/mol. The molecular formula is C8H9BrFNO. The third-order valence-electron chi connectivity index (χ3n) is 1.57. The Balaban J connectivity index is 3.14. The van der Waals surface area contributed by atoms with E-state index in [1.54, 1.807) is 0 Å². The lowest BCUT2D eigenvalue weighted by Crippen LogP contribution is -2.05. The van der Waals surface area contributed by atoms with Crippen molar-refractivity contribution >= 4 is 15.9 Å². The molecule has 0 aliphatic heterocycles. The maximum absolute atomic E-state index is 13.2. The molecule has 0 spiro atoms. The average Bonchev–Trinajstić information content (AvgIpc) is 2.06. The van der Waals surface area contributed by atoms with Crippen LogP contribution in [0.1, 0.15) is 5.56 Å². The van der Waals surface area contributed by atoms with E-state index in [1.165, 1.54) is 12.1 Å². The summed E-state index contributed by atoms with van der Waals surface area (Å²) in [6.45, 7) is 0.320. The second kappa shape index (κ2) is 3.87. The van der Waals surface area contributed by atoms with Gasteiger partial charge in [0.1, 0.15) is 11.6 Å². The first-order valence-electron chi connectivity index (χ1n) is 3.52. The minimum atomic E-state index is -0.430. The van der Waals surface area contributed by atoms with Gasteiger partial charge in [0.15, 0.2) is 0 Å². The summed E-state index contributed by atoms with van der Waals surface area (Å²) in [7, 11) is 0. The van der Waals surface area contributed by atoms with Crippen LogP contribution in [0.3, 0.4) is 0 Å². The fourth-order valence-corrected chi connectivity index (χ4v) is 1.34. The van der Waals surface area contributed by atoms with Gasteiger partial charge < -0.3 is 10.8 Å². The van der Waals surface area contributed by atoms with E-state index in [9.17, 15) is 9.50 Å². The molecule has 0 bridgehead atoms. The molecule has 12 heavy (non-hydrogen) atoms. The number of nitrogens with two attached hydrogens (primary N) is 1. The van der Waals surface area contributed by atoms with Gasteiger partial charge in [0.2, 0.25) is 0 Å². The van der Waals surface area contributed by atoms with E-state index in [0.717, 1.165) is 0 Å². The zero-order valence-corrected chi connectivity index (χ0v) is 7.94. The monoisotopic (exact) mass is 233 g/mol. The lowest BCUT2D eigenvalue weighted by molar-refractivity contribution is 0.458. The highest BCUT2D eigenvalue weighted by Crippen LogP contribution is 2.26. The van der Waals surface area contributed by atoms with Crippen molar-refractivity contribution in [1.82, 2.24) is 0 Å². The number of halogens is 2. The van der Waals surface area contributed by atoms with Crippen molar-refractivity contribution in [3.05, 3.63) is 28.0 Å². The number of hydrogen-bond acceptors (Lipinski definition) is 2. The summed E-state index contributed by atoms with van der Waals surface area (Å²) in [4.78, 5) is 0. The Morgan fingerprint density at radius 3 is 2.75 bits per heavy atom. The Hall–Kier alpha value is -0.610. The van der Waals surface area contributed by atoms with Crippen molar-refractivity contribution in [3.8, 4) is 5.75 Å². The van der Waals surface area contributed by atoms with Crippen LogP contribution in [0.2, 0.25) is 0 Å². The van der Waals surface area contributed by atoms with Gasteiger partial charge in [0, 0.05) is 5.56 Å².